The number of thiophene rings is 1. The first-order chi connectivity index (χ1) is 10.0. The maximum absolute atomic E-state index is 5.95. The molecule has 4 heteroatoms. The molecule has 1 aromatic carbocycles. The van der Waals surface area contributed by atoms with Gasteiger partial charge in [0.1, 0.15) is 5.75 Å². The second-order valence-electron chi connectivity index (χ2n) is 5.34. The average Bonchev–Trinajstić information content (AvgIpc) is 2.78. The van der Waals surface area contributed by atoms with Crippen molar-refractivity contribution in [3.05, 3.63) is 39.6 Å². The third kappa shape index (κ3) is 3.91. The van der Waals surface area contributed by atoms with Gasteiger partial charge in [-0.3, -0.25) is 0 Å². The normalized spacial score (nSPS) is 12.2. The first-order valence-corrected chi connectivity index (χ1v) is 8.18. The van der Waals surface area contributed by atoms with Crippen LogP contribution in [0.5, 0.6) is 5.75 Å². The van der Waals surface area contributed by atoms with Crippen LogP contribution >= 0.6 is 11.3 Å². The molecule has 0 spiro atoms. The van der Waals surface area contributed by atoms with Crippen LogP contribution in [0.4, 0.5) is 11.4 Å². The van der Waals surface area contributed by atoms with E-state index >= 15 is 0 Å². The van der Waals surface area contributed by atoms with Crippen LogP contribution in [0.15, 0.2) is 24.3 Å². The molecule has 0 saturated carbocycles. The summed E-state index contributed by atoms with van der Waals surface area (Å²) in [5.41, 5.74) is 9.02. The van der Waals surface area contributed by atoms with E-state index in [2.05, 4.69) is 39.1 Å². The number of nitrogen functional groups attached to an aromatic ring is 1. The Morgan fingerprint density at radius 1 is 1.29 bits per heavy atom. The summed E-state index contributed by atoms with van der Waals surface area (Å²) in [6.45, 7) is 9.27. The highest BCUT2D eigenvalue weighted by Gasteiger charge is 2.12. The van der Waals surface area contributed by atoms with Crippen LogP contribution in [0, 0.1) is 13.8 Å². The summed E-state index contributed by atoms with van der Waals surface area (Å²) in [6, 6.07) is 8.39. The zero-order valence-electron chi connectivity index (χ0n) is 13.2. The van der Waals surface area contributed by atoms with Gasteiger partial charge in [-0.2, -0.15) is 0 Å². The summed E-state index contributed by atoms with van der Waals surface area (Å²) in [7, 11) is 0. The molecule has 2 aromatic rings. The first kappa shape index (κ1) is 15.7. The molecule has 3 nitrogen and oxygen atoms in total. The number of rotatable bonds is 6. The van der Waals surface area contributed by atoms with Crippen molar-refractivity contribution in [2.24, 2.45) is 0 Å². The summed E-state index contributed by atoms with van der Waals surface area (Å²) in [6.07, 6.45) is 0.973. The summed E-state index contributed by atoms with van der Waals surface area (Å²) < 4.78 is 5.68. The molecular weight excluding hydrogens is 280 g/mol. The fourth-order valence-electron chi connectivity index (χ4n) is 2.37. The van der Waals surface area contributed by atoms with Crippen LogP contribution in [0.25, 0.3) is 0 Å². The quantitative estimate of drug-likeness (QED) is 0.745. The molecule has 0 aliphatic rings. The smallest absolute Gasteiger partial charge is 0.144 e. The fourth-order valence-corrected chi connectivity index (χ4v) is 3.39. The molecule has 0 aliphatic heterocycles. The maximum Gasteiger partial charge on any atom is 0.144 e. The number of hydrogen-bond acceptors (Lipinski definition) is 4. The Bertz CT molecular complexity index is 607. The van der Waals surface area contributed by atoms with Crippen molar-refractivity contribution in [3.8, 4) is 5.75 Å². The lowest BCUT2D eigenvalue weighted by Gasteiger charge is -2.17. The van der Waals surface area contributed by atoms with Gasteiger partial charge in [-0.05, 0) is 51.0 Å². The molecule has 2 rings (SSSR count). The third-order valence-corrected chi connectivity index (χ3v) is 4.39. The number of nitrogens with two attached hydrogens (primary N) is 1. The first-order valence-electron chi connectivity index (χ1n) is 7.37. The predicted octanol–water partition coefficient (Wildman–Crippen LogP) is 4.91. The second kappa shape index (κ2) is 6.85. The number of anilines is 2. The molecule has 0 aliphatic carbocycles. The van der Waals surface area contributed by atoms with Crippen molar-refractivity contribution in [1.29, 1.82) is 0 Å². The van der Waals surface area contributed by atoms with E-state index < -0.39 is 0 Å². The lowest BCUT2D eigenvalue weighted by atomic mass is 10.1. The Morgan fingerprint density at radius 2 is 2.05 bits per heavy atom. The largest absolute Gasteiger partial charge is 0.491 e. The van der Waals surface area contributed by atoms with Crippen molar-refractivity contribution in [1.82, 2.24) is 0 Å². The van der Waals surface area contributed by atoms with E-state index in [1.165, 1.54) is 15.3 Å². The molecule has 1 atom stereocenters. The van der Waals surface area contributed by atoms with Gasteiger partial charge in [0.05, 0.1) is 12.3 Å². The van der Waals surface area contributed by atoms with Gasteiger partial charge in [0, 0.05) is 27.5 Å². The molecule has 0 bridgehead atoms. The fraction of sp³-hybridized carbons (Fsp3) is 0.412. The van der Waals surface area contributed by atoms with Gasteiger partial charge in [-0.1, -0.05) is 6.92 Å². The van der Waals surface area contributed by atoms with E-state index in [1.54, 1.807) is 0 Å². The van der Waals surface area contributed by atoms with Gasteiger partial charge >= 0.3 is 0 Å². The second-order valence-corrected chi connectivity index (χ2v) is 6.80. The molecule has 114 valence electrons. The van der Waals surface area contributed by atoms with Crippen LogP contribution in [0.2, 0.25) is 0 Å². The lowest BCUT2D eigenvalue weighted by molar-refractivity contribution is 0.319. The van der Waals surface area contributed by atoms with E-state index in [9.17, 15) is 0 Å². The molecule has 21 heavy (non-hydrogen) atoms. The van der Waals surface area contributed by atoms with E-state index in [0.29, 0.717) is 12.3 Å². The SMILES string of the molecule is CCCOc1cc(NC(C)c2cc(C)sc2C)ccc1N. The maximum atomic E-state index is 5.95. The molecule has 0 amide bonds. The molecule has 0 saturated heterocycles. The van der Waals surface area contributed by atoms with Crippen molar-refractivity contribution in [3.63, 3.8) is 0 Å². The number of nitrogens with one attached hydrogen (secondary N) is 1. The van der Waals surface area contributed by atoms with Crippen LogP contribution < -0.4 is 15.8 Å². The summed E-state index contributed by atoms with van der Waals surface area (Å²) >= 11 is 1.84. The van der Waals surface area contributed by atoms with Gasteiger partial charge in [0.15, 0.2) is 0 Å². The minimum absolute atomic E-state index is 0.262. The Labute approximate surface area is 131 Å². The number of ether oxygens (including phenoxy) is 1. The van der Waals surface area contributed by atoms with Crippen molar-refractivity contribution in [2.75, 3.05) is 17.7 Å². The van der Waals surface area contributed by atoms with Gasteiger partial charge < -0.3 is 15.8 Å². The summed E-state index contributed by atoms with van der Waals surface area (Å²) in [5, 5.41) is 3.53. The van der Waals surface area contributed by atoms with Crippen molar-refractivity contribution >= 4 is 22.7 Å². The highest BCUT2D eigenvalue weighted by atomic mass is 32.1. The Hall–Kier alpha value is -1.68. The molecule has 0 fully saturated rings. The van der Waals surface area contributed by atoms with Crippen LogP contribution in [-0.2, 0) is 0 Å². The number of hydrogen-bond donors (Lipinski definition) is 2. The van der Waals surface area contributed by atoms with Crippen molar-refractivity contribution in [2.45, 2.75) is 40.2 Å². The molecule has 3 N–H and O–H groups in total. The summed E-state index contributed by atoms with van der Waals surface area (Å²) in [4.78, 5) is 2.71. The monoisotopic (exact) mass is 304 g/mol. The van der Waals surface area contributed by atoms with Crippen molar-refractivity contribution < 1.29 is 4.74 Å². The average molecular weight is 304 g/mol. The minimum Gasteiger partial charge on any atom is -0.491 e. The molecular formula is C17H24N2OS. The van der Waals surface area contributed by atoms with Crippen LogP contribution in [0.3, 0.4) is 0 Å². The Kier molecular flexibility index (Phi) is 5.12. The highest BCUT2D eigenvalue weighted by molar-refractivity contribution is 7.12. The molecule has 1 unspecified atom stereocenters. The topological polar surface area (TPSA) is 47.3 Å². The zero-order valence-corrected chi connectivity index (χ0v) is 14.0. The van der Waals surface area contributed by atoms with Gasteiger partial charge in [0.25, 0.3) is 0 Å². The van der Waals surface area contributed by atoms with Crippen LogP contribution in [0.1, 0.15) is 41.6 Å². The van der Waals surface area contributed by atoms with E-state index in [-0.39, 0.29) is 6.04 Å². The van der Waals surface area contributed by atoms with E-state index in [4.69, 9.17) is 10.5 Å². The lowest BCUT2D eigenvalue weighted by Crippen LogP contribution is -2.07. The standard InChI is InChI=1S/C17H24N2OS/c1-5-8-20-17-10-14(6-7-16(17)18)19-12(3)15-9-11(2)21-13(15)4/h6-7,9-10,12,19H,5,8,18H2,1-4H3. The molecule has 1 heterocycles. The summed E-state index contributed by atoms with van der Waals surface area (Å²) in [5.74, 6) is 0.757. The number of benzene rings is 1. The molecule has 0 radical (unpaired) electrons. The minimum atomic E-state index is 0.262. The predicted molar refractivity (Wildman–Crippen MR) is 92.5 cm³/mol. The molecule has 1 aromatic heterocycles. The van der Waals surface area contributed by atoms with E-state index in [1.807, 2.05) is 29.5 Å². The highest BCUT2D eigenvalue weighted by Crippen LogP contribution is 2.31. The number of aryl methyl sites for hydroxylation is 2. The van der Waals surface area contributed by atoms with Crippen LogP contribution in [-0.4, -0.2) is 6.61 Å². The zero-order chi connectivity index (χ0) is 15.4. The van der Waals surface area contributed by atoms with Gasteiger partial charge in [-0.15, -0.1) is 11.3 Å². The Balaban J connectivity index is 2.13. The van der Waals surface area contributed by atoms with Gasteiger partial charge in [0.2, 0.25) is 0 Å². The van der Waals surface area contributed by atoms with Gasteiger partial charge in [-0.25, -0.2) is 0 Å². The third-order valence-electron chi connectivity index (χ3n) is 3.40. The van der Waals surface area contributed by atoms with E-state index in [0.717, 1.165) is 17.9 Å². The Morgan fingerprint density at radius 3 is 2.67 bits per heavy atom.